The van der Waals surface area contributed by atoms with Crippen LogP contribution in [0.15, 0.2) is 0 Å². The molecule has 7 nitrogen and oxygen atoms in total. The lowest BCUT2D eigenvalue weighted by Gasteiger charge is -2.33. The van der Waals surface area contributed by atoms with E-state index in [0.29, 0.717) is 6.73 Å². The Balaban J connectivity index is 2.16. The van der Waals surface area contributed by atoms with Crippen molar-refractivity contribution in [1.82, 2.24) is 15.5 Å². The molecule has 0 aliphatic carbocycles. The van der Waals surface area contributed by atoms with Crippen molar-refractivity contribution in [2.75, 3.05) is 33.0 Å². The minimum Gasteiger partial charge on any atom is -0.389 e. The van der Waals surface area contributed by atoms with Gasteiger partial charge in [-0.3, -0.25) is 14.5 Å². The molecular formula is C19H37N3O4. The Morgan fingerprint density at radius 2 is 1.62 bits per heavy atom. The second kappa shape index (κ2) is 9.67. The van der Waals surface area contributed by atoms with Gasteiger partial charge in [0.1, 0.15) is 0 Å². The topological polar surface area (TPSA) is 90.9 Å². The molecule has 3 N–H and O–H groups in total. The lowest BCUT2D eigenvalue weighted by Crippen LogP contribution is -2.48. The van der Waals surface area contributed by atoms with E-state index in [1.54, 1.807) is 0 Å². The van der Waals surface area contributed by atoms with E-state index in [9.17, 15) is 14.7 Å². The van der Waals surface area contributed by atoms with E-state index in [1.165, 1.54) is 0 Å². The Labute approximate surface area is 157 Å². The Morgan fingerprint density at radius 1 is 1.08 bits per heavy atom. The first kappa shape index (κ1) is 22.9. The van der Waals surface area contributed by atoms with Crippen molar-refractivity contribution in [3.8, 4) is 0 Å². The van der Waals surface area contributed by atoms with E-state index in [2.05, 4.69) is 15.5 Å². The fourth-order valence-corrected chi connectivity index (χ4v) is 2.46. The molecule has 1 saturated heterocycles. The molecule has 1 aliphatic rings. The van der Waals surface area contributed by atoms with Gasteiger partial charge in [0.25, 0.3) is 0 Å². The molecule has 0 aromatic carbocycles. The molecule has 0 saturated carbocycles. The first-order valence-electron chi connectivity index (χ1n) is 9.47. The molecule has 7 heteroatoms. The largest absolute Gasteiger partial charge is 0.389 e. The van der Waals surface area contributed by atoms with Crippen LogP contribution in [0.5, 0.6) is 0 Å². The van der Waals surface area contributed by atoms with Crippen LogP contribution in [0, 0.1) is 10.8 Å². The second-order valence-corrected chi connectivity index (χ2v) is 9.23. The Hall–Kier alpha value is -1.18. The van der Waals surface area contributed by atoms with Crippen molar-refractivity contribution in [3.63, 3.8) is 0 Å². The number of aliphatic hydroxyl groups is 1. The summed E-state index contributed by atoms with van der Waals surface area (Å²) in [6, 6.07) is 0.219. The highest BCUT2D eigenvalue weighted by Gasteiger charge is 2.26. The zero-order valence-electron chi connectivity index (χ0n) is 17.2. The van der Waals surface area contributed by atoms with Gasteiger partial charge in [-0.15, -0.1) is 0 Å². The predicted octanol–water partition coefficient (Wildman–Crippen LogP) is 1.11. The van der Waals surface area contributed by atoms with Crippen LogP contribution in [0.3, 0.4) is 0 Å². The van der Waals surface area contributed by atoms with Crippen LogP contribution >= 0.6 is 0 Å². The average molecular weight is 372 g/mol. The Kier molecular flexibility index (Phi) is 8.50. The molecular weight excluding hydrogens is 334 g/mol. The van der Waals surface area contributed by atoms with Gasteiger partial charge < -0.3 is 20.5 Å². The first-order chi connectivity index (χ1) is 11.9. The summed E-state index contributed by atoms with van der Waals surface area (Å²) in [5, 5.41) is 15.7. The molecule has 1 rings (SSSR count). The third-order valence-electron chi connectivity index (χ3n) is 4.37. The van der Waals surface area contributed by atoms with E-state index in [-0.39, 0.29) is 36.4 Å². The van der Waals surface area contributed by atoms with Gasteiger partial charge in [-0.25, -0.2) is 0 Å². The quantitative estimate of drug-likeness (QED) is 0.624. The standard InChI is InChI=1S/C19H37N3O4/c1-18(2,3)16(24)20-11-15(23)12-26-13-22-9-7-14(8-10-22)21-17(25)19(4,5)6/h14-15,23H,7-13H2,1-6H3,(H,20,24)(H,21,25). The minimum atomic E-state index is -0.718. The summed E-state index contributed by atoms with van der Waals surface area (Å²) in [7, 11) is 0. The smallest absolute Gasteiger partial charge is 0.225 e. The summed E-state index contributed by atoms with van der Waals surface area (Å²) in [6.45, 7) is 13.8. The molecule has 1 atom stereocenters. The third-order valence-corrected chi connectivity index (χ3v) is 4.37. The molecule has 1 aliphatic heterocycles. The Bertz CT molecular complexity index is 460. The summed E-state index contributed by atoms with van der Waals surface area (Å²) in [5.41, 5.74) is -0.827. The van der Waals surface area contributed by atoms with Crippen LogP contribution in [0.25, 0.3) is 0 Å². The molecule has 152 valence electrons. The Morgan fingerprint density at radius 3 is 2.12 bits per heavy atom. The lowest BCUT2D eigenvalue weighted by atomic mass is 9.94. The molecule has 0 bridgehead atoms. The van der Waals surface area contributed by atoms with Crippen LogP contribution in [0.1, 0.15) is 54.4 Å². The summed E-state index contributed by atoms with van der Waals surface area (Å²) >= 11 is 0. The average Bonchev–Trinajstić information content (AvgIpc) is 2.52. The number of aliphatic hydroxyl groups excluding tert-OH is 1. The van der Waals surface area contributed by atoms with Gasteiger partial charge in [-0.05, 0) is 12.8 Å². The number of hydrogen-bond acceptors (Lipinski definition) is 5. The van der Waals surface area contributed by atoms with Crippen molar-refractivity contribution in [2.24, 2.45) is 10.8 Å². The zero-order valence-corrected chi connectivity index (χ0v) is 17.2. The molecule has 0 radical (unpaired) electrons. The zero-order chi connectivity index (χ0) is 20.0. The van der Waals surface area contributed by atoms with Crippen molar-refractivity contribution in [1.29, 1.82) is 0 Å². The van der Waals surface area contributed by atoms with Crippen molar-refractivity contribution < 1.29 is 19.4 Å². The monoisotopic (exact) mass is 371 g/mol. The van der Waals surface area contributed by atoms with Gasteiger partial charge in [-0.1, -0.05) is 41.5 Å². The van der Waals surface area contributed by atoms with Gasteiger partial charge in [0.15, 0.2) is 0 Å². The van der Waals surface area contributed by atoms with Crippen LogP contribution in [0.2, 0.25) is 0 Å². The first-order valence-corrected chi connectivity index (χ1v) is 9.47. The maximum Gasteiger partial charge on any atom is 0.225 e. The summed E-state index contributed by atoms with van der Waals surface area (Å²) in [4.78, 5) is 26.0. The van der Waals surface area contributed by atoms with Gasteiger partial charge in [-0.2, -0.15) is 0 Å². The molecule has 26 heavy (non-hydrogen) atoms. The van der Waals surface area contributed by atoms with Crippen LogP contribution < -0.4 is 10.6 Å². The van der Waals surface area contributed by atoms with Gasteiger partial charge in [0.2, 0.25) is 11.8 Å². The number of hydrogen-bond donors (Lipinski definition) is 3. The molecule has 2 amide bonds. The number of ether oxygens (including phenoxy) is 1. The SMILES string of the molecule is CC(C)(C)C(=O)NCC(O)COCN1CCC(NC(=O)C(C)(C)C)CC1. The maximum atomic E-state index is 12.0. The fourth-order valence-electron chi connectivity index (χ4n) is 2.46. The third kappa shape index (κ3) is 8.47. The van der Waals surface area contributed by atoms with Crippen molar-refractivity contribution >= 4 is 11.8 Å². The normalized spacial score (nSPS) is 18.4. The molecule has 0 aromatic rings. The summed E-state index contributed by atoms with van der Waals surface area (Å²) < 4.78 is 5.56. The molecule has 1 fully saturated rings. The van der Waals surface area contributed by atoms with E-state index < -0.39 is 11.5 Å². The molecule has 0 spiro atoms. The summed E-state index contributed by atoms with van der Waals surface area (Å²) in [6.07, 6.45) is 1.08. The second-order valence-electron chi connectivity index (χ2n) is 9.23. The summed E-state index contributed by atoms with van der Waals surface area (Å²) in [5.74, 6) is 0.00329. The number of rotatable bonds is 7. The van der Waals surface area contributed by atoms with Crippen molar-refractivity contribution in [3.05, 3.63) is 0 Å². The molecule has 1 unspecified atom stereocenters. The fraction of sp³-hybridized carbons (Fsp3) is 0.895. The number of carbonyl (C=O) groups excluding carboxylic acids is 2. The maximum absolute atomic E-state index is 12.0. The van der Waals surface area contributed by atoms with E-state index >= 15 is 0 Å². The molecule has 0 aromatic heterocycles. The number of carbonyl (C=O) groups is 2. The number of nitrogens with one attached hydrogen (secondary N) is 2. The highest BCUT2D eigenvalue weighted by atomic mass is 16.5. The van der Waals surface area contributed by atoms with Gasteiger partial charge in [0.05, 0.1) is 19.4 Å². The number of amides is 2. The van der Waals surface area contributed by atoms with E-state index in [0.717, 1.165) is 25.9 Å². The van der Waals surface area contributed by atoms with Gasteiger partial charge >= 0.3 is 0 Å². The minimum absolute atomic E-state index is 0.0871. The highest BCUT2D eigenvalue weighted by molar-refractivity contribution is 5.81. The predicted molar refractivity (Wildman–Crippen MR) is 101 cm³/mol. The van der Waals surface area contributed by atoms with Crippen molar-refractivity contribution in [2.45, 2.75) is 66.5 Å². The lowest BCUT2D eigenvalue weighted by molar-refractivity contribution is -0.130. The molecule has 1 heterocycles. The van der Waals surface area contributed by atoms with E-state index in [4.69, 9.17) is 4.74 Å². The number of nitrogens with zero attached hydrogens (tertiary/aromatic N) is 1. The van der Waals surface area contributed by atoms with E-state index in [1.807, 2.05) is 41.5 Å². The highest BCUT2D eigenvalue weighted by Crippen LogP contribution is 2.16. The number of piperidine rings is 1. The van der Waals surface area contributed by atoms with Crippen LogP contribution in [-0.2, 0) is 14.3 Å². The number of likely N-dealkylation sites (tertiary alicyclic amines) is 1. The van der Waals surface area contributed by atoms with Crippen LogP contribution in [0.4, 0.5) is 0 Å². The van der Waals surface area contributed by atoms with Gasteiger partial charge in [0, 0.05) is 36.5 Å². The van der Waals surface area contributed by atoms with Crippen LogP contribution in [-0.4, -0.2) is 66.9 Å².